The molecule has 0 bridgehead atoms. The topological polar surface area (TPSA) is 38.7 Å². The van der Waals surface area contributed by atoms with Crippen LogP contribution in [0.1, 0.15) is 43.4 Å². The Labute approximate surface area is 232 Å². The Morgan fingerprint density at radius 2 is 1.03 bits per heavy atom. The van der Waals surface area contributed by atoms with Crippen LogP contribution in [0.25, 0.3) is 0 Å². The molecule has 0 aliphatic rings. The third-order valence-corrected chi connectivity index (χ3v) is 10.2. The Morgan fingerprint density at radius 1 is 0.590 bits per heavy atom. The van der Waals surface area contributed by atoms with Crippen molar-refractivity contribution in [1.29, 1.82) is 0 Å². The fraction of sp³-hybridized carbons (Fsp3) is 0.143. The van der Waals surface area contributed by atoms with Gasteiger partial charge >= 0.3 is 8.56 Å². The molecule has 0 spiro atoms. The molecule has 4 heteroatoms. The monoisotopic (exact) mass is 530 g/mol. The molecule has 196 valence electrons. The summed E-state index contributed by atoms with van der Waals surface area (Å²) in [6.07, 6.45) is 0. The number of aromatic hydroxyl groups is 1. The predicted octanol–water partition coefficient (Wildman–Crippen LogP) is 7.02. The van der Waals surface area contributed by atoms with E-state index in [4.69, 9.17) is 8.85 Å². The summed E-state index contributed by atoms with van der Waals surface area (Å²) in [6.45, 7) is 6.15. The highest BCUT2D eigenvalue weighted by atomic mass is 28.4. The fourth-order valence-electron chi connectivity index (χ4n) is 5.01. The van der Waals surface area contributed by atoms with Gasteiger partial charge in [-0.05, 0) is 38.0 Å². The van der Waals surface area contributed by atoms with E-state index in [1.807, 2.05) is 84.9 Å². The first-order chi connectivity index (χ1) is 18.9. The maximum atomic E-state index is 11.4. The van der Waals surface area contributed by atoms with E-state index in [2.05, 4.69) is 69.3 Å². The van der Waals surface area contributed by atoms with Crippen molar-refractivity contribution in [3.05, 3.63) is 156 Å². The summed E-state index contributed by atoms with van der Waals surface area (Å²) >= 11 is 0. The van der Waals surface area contributed by atoms with Gasteiger partial charge < -0.3 is 14.0 Å². The average Bonchev–Trinajstić information content (AvgIpc) is 2.95. The van der Waals surface area contributed by atoms with Crippen molar-refractivity contribution in [2.75, 3.05) is 0 Å². The summed E-state index contributed by atoms with van der Waals surface area (Å²) in [7, 11) is -3.23. The third-order valence-electron chi connectivity index (χ3n) is 6.60. The zero-order chi connectivity index (χ0) is 27.3. The molecule has 3 nitrogen and oxygen atoms in total. The average molecular weight is 531 g/mol. The first-order valence-electron chi connectivity index (χ1n) is 13.3. The van der Waals surface area contributed by atoms with Gasteiger partial charge in [-0.1, -0.05) is 127 Å². The molecule has 39 heavy (non-hydrogen) atoms. The van der Waals surface area contributed by atoms with Crippen LogP contribution in [-0.2, 0) is 4.43 Å². The van der Waals surface area contributed by atoms with E-state index in [1.54, 1.807) is 6.07 Å². The Morgan fingerprint density at radius 3 is 1.44 bits per heavy atom. The van der Waals surface area contributed by atoms with Gasteiger partial charge in [-0.15, -0.1) is 0 Å². The van der Waals surface area contributed by atoms with Crippen molar-refractivity contribution in [2.24, 2.45) is 0 Å². The zero-order valence-corrected chi connectivity index (χ0v) is 23.6. The molecule has 0 fully saturated rings. The van der Waals surface area contributed by atoms with Crippen LogP contribution in [0.4, 0.5) is 0 Å². The van der Waals surface area contributed by atoms with Gasteiger partial charge in [-0.25, -0.2) is 0 Å². The lowest BCUT2D eigenvalue weighted by Crippen LogP contribution is -2.68. The van der Waals surface area contributed by atoms with Gasteiger partial charge in [0.25, 0.3) is 0 Å². The van der Waals surface area contributed by atoms with Crippen LogP contribution in [0.3, 0.4) is 0 Å². The van der Waals surface area contributed by atoms with Crippen molar-refractivity contribution in [1.82, 2.24) is 0 Å². The Hall–Kier alpha value is -4.12. The van der Waals surface area contributed by atoms with Gasteiger partial charge in [0.15, 0.2) is 0 Å². The second-order valence-corrected chi connectivity index (χ2v) is 13.4. The lowest BCUT2D eigenvalue weighted by atomic mass is 9.85. The summed E-state index contributed by atoms with van der Waals surface area (Å²) in [5, 5.41) is 13.5. The minimum absolute atomic E-state index is 0.113. The first kappa shape index (κ1) is 26.5. The summed E-state index contributed by atoms with van der Waals surface area (Å²) in [4.78, 5) is 0. The van der Waals surface area contributed by atoms with Gasteiger partial charge in [0.05, 0.1) is 5.60 Å². The summed E-state index contributed by atoms with van der Waals surface area (Å²) in [5.74, 6) is 0.641. The molecule has 0 saturated heterocycles. The number of hydrogen-bond donors (Lipinski definition) is 1. The fourth-order valence-corrected chi connectivity index (χ4v) is 8.44. The SMILES string of the molecule is CC(C)(C)O[Si](Oc1ccc(C(c2ccccc2)c2ccccc2)c(O)c1)(c1ccccc1)c1ccccc1. The van der Waals surface area contributed by atoms with E-state index in [1.165, 1.54) is 0 Å². The number of rotatable bonds is 8. The van der Waals surface area contributed by atoms with Gasteiger partial charge in [0.1, 0.15) is 11.5 Å². The zero-order valence-electron chi connectivity index (χ0n) is 22.6. The molecular formula is C35H34O3Si. The van der Waals surface area contributed by atoms with E-state index in [0.717, 1.165) is 27.1 Å². The quantitative estimate of drug-likeness (QED) is 0.173. The van der Waals surface area contributed by atoms with E-state index >= 15 is 0 Å². The van der Waals surface area contributed by atoms with Crippen LogP contribution >= 0.6 is 0 Å². The molecule has 0 saturated carbocycles. The van der Waals surface area contributed by atoms with Crippen molar-refractivity contribution in [3.8, 4) is 11.5 Å². The van der Waals surface area contributed by atoms with Gasteiger partial charge in [-0.2, -0.15) is 0 Å². The lowest BCUT2D eigenvalue weighted by Gasteiger charge is -2.37. The van der Waals surface area contributed by atoms with E-state index in [9.17, 15) is 5.11 Å². The number of hydrogen-bond acceptors (Lipinski definition) is 3. The second kappa shape index (κ2) is 11.3. The van der Waals surface area contributed by atoms with Crippen LogP contribution in [0, 0.1) is 0 Å². The Bertz CT molecular complexity index is 1400. The molecule has 0 atom stereocenters. The van der Waals surface area contributed by atoms with Crippen LogP contribution in [0.2, 0.25) is 0 Å². The first-order valence-corrected chi connectivity index (χ1v) is 15.1. The molecule has 0 aliphatic heterocycles. The summed E-state index contributed by atoms with van der Waals surface area (Å²) in [5.41, 5.74) is 2.58. The minimum Gasteiger partial charge on any atom is -0.514 e. The molecule has 0 aliphatic carbocycles. The molecule has 5 rings (SSSR count). The largest absolute Gasteiger partial charge is 0.514 e. The van der Waals surface area contributed by atoms with Crippen molar-refractivity contribution >= 4 is 18.9 Å². The molecule has 0 heterocycles. The standard InChI is InChI=1S/C35H34O3Si/c1-35(2,3)38-39(30-20-12-6-13-21-30,31-22-14-7-15-23-31)37-29-24-25-32(33(36)26-29)34(27-16-8-4-9-17-27)28-18-10-5-11-19-28/h4-26,34,36H,1-3H3. The maximum absolute atomic E-state index is 11.4. The normalized spacial score (nSPS) is 11.9. The van der Waals surface area contributed by atoms with Gasteiger partial charge in [-0.3, -0.25) is 0 Å². The highest BCUT2D eigenvalue weighted by Crippen LogP contribution is 2.39. The minimum atomic E-state index is -3.23. The van der Waals surface area contributed by atoms with Crippen LogP contribution in [-0.4, -0.2) is 19.3 Å². The van der Waals surface area contributed by atoms with Crippen LogP contribution < -0.4 is 14.8 Å². The number of benzene rings is 5. The van der Waals surface area contributed by atoms with Crippen molar-refractivity contribution in [3.63, 3.8) is 0 Å². The molecule has 1 N–H and O–H groups in total. The Balaban J connectivity index is 1.61. The van der Waals surface area contributed by atoms with E-state index < -0.39 is 14.2 Å². The second-order valence-electron chi connectivity index (χ2n) is 10.6. The highest BCUT2D eigenvalue weighted by molar-refractivity contribution is 6.93. The summed E-state index contributed by atoms with van der Waals surface area (Å²) < 4.78 is 13.8. The smallest absolute Gasteiger partial charge is 0.469 e. The van der Waals surface area contributed by atoms with Crippen LogP contribution in [0.15, 0.2) is 140 Å². The van der Waals surface area contributed by atoms with Crippen molar-refractivity contribution < 1.29 is 14.0 Å². The van der Waals surface area contributed by atoms with E-state index in [0.29, 0.717) is 5.75 Å². The van der Waals surface area contributed by atoms with Crippen molar-refractivity contribution in [2.45, 2.75) is 32.3 Å². The third kappa shape index (κ3) is 5.98. The van der Waals surface area contributed by atoms with Crippen LogP contribution in [0.5, 0.6) is 11.5 Å². The number of phenols is 1. The molecule has 0 unspecified atom stereocenters. The molecule has 0 aromatic heterocycles. The maximum Gasteiger partial charge on any atom is 0.469 e. The molecule has 0 amide bonds. The Kier molecular flexibility index (Phi) is 7.69. The summed E-state index contributed by atoms with van der Waals surface area (Å²) in [6, 6.07) is 46.5. The van der Waals surface area contributed by atoms with Gasteiger partial charge in [0.2, 0.25) is 0 Å². The predicted molar refractivity (Wildman–Crippen MR) is 161 cm³/mol. The molecule has 5 aromatic carbocycles. The number of phenolic OH excluding ortho intramolecular Hbond substituents is 1. The molecule has 5 aromatic rings. The molecule has 0 radical (unpaired) electrons. The van der Waals surface area contributed by atoms with E-state index in [-0.39, 0.29) is 11.7 Å². The molecular weight excluding hydrogens is 496 g/mol. The van der Waals surface area contributed by atoms with Gasteiger partial charge in [0, 0.05) is 27.9 Å². The lowest BCUT2D eigenvalue weighted by molar-refractivity contribution is 0.101. The highest BCUT2D eigenvalue weighted by Gasteiger charge is 2.48.